The van der Waals surface area contributed by atoms with Crippen LogP contribution in [0.3, 0.4) is 0 Å². The molecule has 66 valence electrons. The molecule has 1 atom stereocenters. The average molecular weight is 169 g/mol. The van der Waals surface area contributed by atoms with Crippen LogP contribution in [0.25, 0.3) is 0 Å². The quantitative estimate of drug-likeness (QED) is 0.632. The Kier molecular flexibility index (Phi) is 1.75. The maximum Gasteiger partial charge on any atom is 0.414 e. The van der Waals surface area contributed by atoms with Gasteiger partial charge in [0.2, 0.25) is 0 Å². The number of nitrogens with one attached hydrogen (secondary N) is 1. The van der Waals surface area contributed by atoms with Crippen LogP contribution >= 0.6 is 0 Å². The predicted octanol–water partition coefficient (Wildman–Crippen LogP) is 0.812. The van der Waals surface area contributed by atoms with Gasteiger partial charge in [0.25, 0.3) is 5.91 Å². The third-order valence-corrected chi connectivity index (χ3v) is 2.55. The van der Waals surface area contributed by atoms with Gasteiger partial charge in [0.1, 0.15) is 0 Å². The molecule has 0 radical (unpaired) electrons. The van der Waals surface area contributed by atoms with Crippen LogP contribution in [-0.4, -0.2) is 18.1 Å². The van der Waals surface area contributed by atoms with Crippen molar-refractivity contribution in [2.45, 2.75) is 31.8 Å². The summed E-state index contributed by atoms with van der Waals surface area (Å²) in [5.41, 5.74) is 0. The lowest BCUT2D eigenvalue weighted by molar-refractivity contribution is -0.125. The SMILES string of the molecule is O=C1NC(=O)[C@H](C2CCCC2)O1. The summed E-state index contributed by atoms with van der Waals surface area (Å²) in [6, 6.07) is 0. The van der Waals surface area contributed by atoms with Crippen molar-refractivity contribution in [2.24, 2.45) is 5.92 Å². The van der Waals surface area contributed by atoms with E-state index in [1.165, 1.54) is 0 Å². The molecule has 2 rings (SSSR count). The predicted molar refractivity (Wildman–Crippen MR) is 40.4 cm³/mol. The van der Waals surface area contributed by atoms with Crippen LogP contribution in [-0.2, 0) is 9.53 Å². The van der Waals surface area contributed by atoms with Crippen LogP contribution < -0.4 is 5.32 Å². The minimum atomic E-state index is -0.586. The maximum atomic E-state index is 11.1. The number of ether oxygens (including phenoxy) is 1. The van der Waals surface area contributed by atoms with Crippen LogP contribution in [0.2, 0.25) is 0 Å². The number of amides is 2. The van der Waals surface area contributed by atoms with Crippen LogP contribution in [0, 0.1) is 5.92 Å². The van der Waals surface area contributed by atoms with Gasteiger partial charge in [-0.05, 0) is 12.8 Å². The van der Waals surface area contributed by atoms with Gasteiger partial charge in [-0.3, -0.25) is 10.1 Å². The van der Waals surface area contributed by atoms with Crippen molar-refractivity contribution in [3.8, 4) is 0 Å². The minimum absolute atomic E-state index is 0.257. The third-order valence-electron chi connectivity index (χ3n) is 2.55. The first kappa shape index (κ1) is 7.58. The fourth-order valence-corrected chi connectivity index (χ4v) is 1.94. The van der Waals surface area contributed by atoms with E-state index in [-0.39, 0.29) is 11.8 Å². The lowest BCUT2D eigenvalue weighted by atomic mass is 10.0. The number of carbonyl (C=O) groups excluding carboxylic acids is 2. The van der Waals surface area contributed by atoms with Gasteiger partial charge in [0, 0.05) is 5.92 Å². The Bertz CT molecular complexity index is 220. The van der Waals surface area contributed by atoms with Crippen molar-refractivity contribution >= 4 is 12.0 Å². The van der Waals surface area contributed by atoms with Gasteiger partial charge < -0.3 is 4.74 Å². The molecule has 1 saturated heterocycles. The Labute approximate surface area is 70.3 Å². The smallest absolute Gasteiger partial charge is 0.414 e. The summed E-state index contributed by atoms with van der Waals surface area (Å²) in [5, 5.41) is 2.14. The number of alkyl carbamates (subject to hydrolysis) is 1. The number of imide groups is 1. The van der Waals surface area contributed by atoms with Gasteiger partial charge >= 0.3 is 6.09 Å². The van der Waals surface area contributed by atoms with Crippen LogP contribution in [0.15, 0.2) is 0 Å². The Balaban J connectivity index is 2.03. The summed E-state index contributed by atoms with van der Waals surface area (Å²) in [4.78, 5) is 21.8. The average Bonchev–Trinajstić information content (AvgIpc) is 2.58. The van der Waals surface area contributed by atoms with Gasteiger partial charge in [-0.15, -0.1) is 0 Å². The highest BCUT2D eigenvalue weighted by Gasteiger charge is 2.39. The zero-order valence-electron chi connectivity index (χ0n) is 6.71. The second kappa shape index (κ2) is 2.77. The van der Waals surface area contributed by atoms with Crippen molar-refractivity contribution in [1.82, 2.24) is 5.32 Å². The molecule has 0 aromatic heterocycles. The zero-order valence-corrected chi connectivity index (χ0v) is 6.71. The summed E-state index contributed by atoms with van der Waals surface area (Å²) in [6.07, 6.45) is 3.21. The van der Waals surface area contributed by atoms with Crippen molar-refractivity contribution < 1.29 is 14.3 Å². The summed E-state index contributed by atoms with van der Waals surface area (Å²) >= 11 is 0. The van der Waals surface area contributed by atoms with E-state index in [9.17, 15) is 9.59 Å². The molecule has 12 heavy (non-hydrogen) atoms. The molecule has 0 aromatic carbocycles. The largest absolute Gasteiger partial charge is 0.435 e. The lowest BCUT2D eigenvalue weighted by Gasteiger charge is -2.12. The van der Waals surface area contributed by atoms with Crippen LogP contribution in [0.5, 0.6) is 0 Å². The Morgan fingerprint density at radius 2 is 1.92 bits per heavy atom. The van der Waals surface area contributed by atoms with E-state index in [1.807, 2.05) is 0 Å². The molecule has 0 spiro atoms. The van der Waals surface area contributed by atoms with Crippen LogP contribution in [0.1, 0.15) is 25.7 Å². The fraction of sp³-hybridized carbons (Fsp3) is 0.750. The number of hydrogen-bond donors (Lipinski definition) is 1. The minimum Gasteiger partial charge on any atom is -0.435 e. The molecule has 4 nitrogen and oxygen atoms in total. The van der Waals surface area contributed by atoms with Crippen molar-refractivity contribution in [3.63, 3.8) is 0 Å². The summed E-state index contributed by atoms with van der Waals surface area (Å²) < 4.78 is 4.86. The number of carbonyl (C=O) groups is 2. The zero-order chi connectivity index (χ0) is 8.55. The van der Waals surface area contributed by atoms with Crippen molar-refractivity contribution in [3.05, 3.63) is 0 Å². The Morgan fingerprint density at radius 3 is 2.42 bits per heavy atom. The lowest BCUT2D eigenvalue weighted by Crippen LogP contribution is -2.29. The van der Waals surface area contributed by atoms with E-state index in [1.54, 1.807) is 0 Å². The first-order valence-electron chi connectivity index (χ1n) is 4.29. The number of cyclic esters (lactones) is 1. The second-order valence-corrected chi connectivity index (χ2v) is 3.36. The van der Waals surface area contributed by atoms with E-state index in [0.717, 1.165) is 25.7 Å². The summed E-state index contributed by atoms with van der Waals surface area (Å²) in [5.74, 6) is 0.00310. The van der Waals surface area contributed by atoms with E-state index in [4.69, 9.17) is 4.74 Å². The summed E-state index contributed by atoms with van der Waals surface area (Å²) in [7, 11) is 0. The van der Waals surface area contributed by atoms with E-state index in [0.29, 0.717) is 0 Å². The molecule has 1 heterocycles. The molecule has 2 amide bonds. The van der Waals surface area contributed by atoms with Gasteiger partial charge in [-0.25, -0.2) is 4.79 Å². The first-order chi connectivity index (χ1) is 5.77. The van der Waals surface area contributed by atoms with Crippen molar-refractivity contribution in [2.75, 3.05) is 0 Å². The molecule has 1 aliphatic carbocycles. The monoisotopic (exact) mass is 169 g/mol. The molecule has 2 fully saturated rings. The molecule has 1 aliphatic heterocycles. The van der Waals surface area contributed by atoms with Gasteiger partial charge in [-0.1, -0.05) is 12.8 Å². The molecule has 1 saturated carbocycles. The van der Waals surface area contributed by atoms with Gasteiger partial charge in [0.05, 0.1) is 0 Å². The molecule has 2 aliphatic rings. The molecular formula is C8H11NO3. The molecule has 1 N–H and O–H groups in total. The molecule has 0 aromatic rings. The number of hydrogen-bond acceptors (Lipinski definition) is 3. The Hall–Kier alpha value is -1.06. The first-order valence-corrected chi connectivity index (χ1v) is 4.29. The maximum absolute atomic E-state index is 11.1. The van der Waals surface area contributed by atoms with Gasteiger partial charge in [-0.2, -0.15) is 0 Å². The highest BCUT2D eigenvalue weighted by molar-refractivity contribution is 6.00. The van der Waals surface area contributed by atoms with E-state index >= 15 is 0 Å². The molecule has 4 heteroatoms. The fourth-order valence-electron chi connectivity index (χ4n) is 1.94. The summed E-state index contributed by atoms with van der Waals surface area (Å²) in [6.45, 7) is 0. The van der Waals surface area contributed by atoms with Crippen LogP contribution in [0.4, 0.5) is 4.79 Å². The van der Waals surface area contributed by atoms with E-state index in [2.05, 4.69) is 5.32 Å². The van der Waals surface area contributed by atoms with Crippen molar-refractivity contribution in [1.29, 1.82) is 0 Å². The molecular weight excluding hydrogens is 158 g/mol. The molecule has 0 bridgehead atoms. The topological polar surface area (TPSA) is 55.4 Å². The number of rotatable bonds is 1. The standard InChI is InChI=1S/C8H11NO3/c10-7-6(12-8(11)9-7)5-3-1-2-4-5/h5-6H,1-4H2,(H,9,10,11)/t6-/m0/s1. The normalized spacial score (nSPS) is 30.5. The second-order valence-electron chi connectivity index (χ2n) is 3.36. The highest BCUT2D eigenvalue weighted by atomic mass is 16.6. The Morgan fingerprint density at radius 1 is 1.25 bits per heavy atom. The third kappa shape index (κ3) is 1.17. The molecule has 0 unspecified atom stereocenters. The van der Waals surface area contributed by atoms with Gasteiger partial charge in [0.15, 0.2) is 6.10 Å². The van der Waals surface area contributed by atoms with E-state index < -0.39 is 12.2 Å². The highest BCUT2D eigenvalue weighted by Crippen LogP contribution is 2.30.